The molecule has 2 aliphatic heterocycles. The standard InChI is InChI=1S/C15H22F3N3O3S/c1-19-10-7-22-13(23-8-10)3-5-21-4-2-12-11(6-21)20-14(25-12)24-9-15(16,17)18/h10,13,19H,2-9H2,1H3. The van der Waals surface area contributed by atoms with Gasteiger partial charge in [-0.3, -0.25) is 4.90 Å². The summed E-state index contributed by atoms with van der Waals surface area (Å²) < 4.78 is 52.7. The Bertz CT molecular complexity index is 562. The van der Waals surface area contributed by atoms with Gasteiger partial charge in [0.25, 0.3) is 5.19 Å². The lowest BCUT2D eigenvalue weighted by atomic mass is 10.2. The number of hydrogen-bond acceptors (Lipinski definition) is 7. The van der Waals surface area contributed by atoms with Crippen LogP contribution >= 0.6 is 11.3 Å². The number of fused-ring (bicyclic) bond motifs is 1. The number of aromatic nitrogens is 1. The molecule has 0 bridgehead atoms. The third-order valence-corrected chi connectivity index (χ3v) is 5.27. The molecule has 0 unspecified atom stereocenters. The lowest BCUT2D eigenvalue weighted by molar-refractivity contribution is -0.193. The van der Waals surface area contributed by atoms with E-state index in [0.717, 1.165) is 36.5 Å². The Morgan fingerprint density at radius 2 is 2.12 bits per heavy atom. The van der Waals surface area contributed by atoms with E-state index in [1.807, 2.05) is 7.05 Å². The quantitative estimate of drug-likeness (QED) is 0.811. The summed E-state index contributed by atoms with van der Waals surface area (Å²) >= 11 is 1.21. The van der Waals surface area contributed by atoms with Crippen molar-refractivity contribution in [1.82, 2.24) is 15.2 Å². The minimum absolute atomic E-state index is 0.0984. The number of likely N-dealkylation sites (N-methyl/N-ethyl adjacent to an activating group) is 1. The summed E-state index contributed by atoms with van der Waals surface area (Å²) in [4.78, 5) is 7.43. The van der Waals surface area contributed by atoms with Crippen LogP contribution in [0.4, 0.5) is 13.2 Å². The van der Waals surface area contributed by atoms with Gasteiger partial charge in [-0.25, -0.2) is 4.98 Å². The van der Waals surface area contributed by atoms with Gasteiger partial charge in [-0.2, -0.15) is 13.2 Å². The van der Waals surface area contributed by atoms with E-state index in [0.29, 0.717) is 19.8 Å². The van der Waals surface area contributed by atoms with Crippen molar-refractivity contribution in [3.8, 4) is 5.19 Å². The minimum Gasteiger partial charge on any atom is -0.460 e. The van der Waals surface area contributed by atoms with Crippen molar-refractivity contribution < 1.29 is 27.4 Å². The van der Waals surface area contributed by atoms with Crippen LogP contribution in [-0.4, -0.2) is 68.3 Å². The van der Waals surface area contributed by atoms with Gasteiger partial charge in [-0.05, 0) is 13.5 Å². The van der Waals surface area contributed by atoms with Crippen LogP contribution in [0.5, 0.6) is 5.19 Å². The first kappa shape index (κ1) is 18.8. The summed E-state index contributed by atoms with van der Waals surface area (Å²) in [5.41, 5.74) is 0.814. The topological polar surface area (TPSA) is 55.9 Å². The molecule has 0 radical (unpaired) electrons. The molecule has 142 valence electrons. The van der Waals surface area contributed by atoms with Gasteiger partial charge in [-0.1, -0.05) is 11.3 Å². The molecule has 10 heteroatoms. The molecule has 0 amide bonds. The van der Waals surface area contributed by atoms with Crippen LogP contribution < -0.4 is 10.1 Å². The Kier molecular flexibility index (Phi) is 6.16. The lowest BCUT2D eigenvalue weighted by Crippen LogP contribution is -2.44. The zero-order valence-electron chi connectivity index (χ0n) is 14.0. The molecular weight excluding hydrogens is 359 g/mol. The Hall–Kier alpha value is -0.940. The summed E-state index contributed by atoms with van der Waals surface area (Å²) in [6.07, 6.45) is -3.01. The van der Waals surface area contributed by atoms with Crippen LogP contribution in [0.15, 0.2) is 0 Å². The van der Waals surface area contributed by atoms with Crippen molar-refractivity contribution in [2.45, 2.75) is 37.9 Å². The Morgan fingerprint density at radius 1 is 1.36 bits per heavy atom. The van der Waals surface area contributed by atoms with Gasteiger partial charge in [0.15, 0.2) is 12.9 Å². The lowest BCUT2D eigenvalue weighted by Gasteiger charge is -2.31. The Balaban J connectivity index is 1.44. The van der Waals surface area contributed by atoms with Crippen LogP contribution in [0.1, 0.15) is 17.0 Å². The molecule has 2 aliphatic rings. The van der Waals surface area contributed by atoms with E-state index in [1.165, 1.54) is 11.3 Å². The molecule has 1 aromatic heterocycles. The van der Waals surface area contributed by atoms with Gasteiger partial charge < -0.3 is 19.5 Å². The van der Waals surface area contributed by atoms with Crippen LogP contribution in [0.25, 0.3) is 0 Å². The Labute approximate surface area is 148 Å². The number of thiazole rings is 1. The van der Waals surface area contributed by atoms with E-state index < -0.39 is 12.8 Å². The van der Waals surface area contributed by atoms with Crippen molar-refractivity contribution >= 4 is 11.3 Å². The summed E-state index contributed by atoms with van der Waals surface area (Å²) in [5.74, 6) is 0. The molecule has 0 aromatic carbocycles. The van der Waals surface area contributed by atoms with Crippen molar-refractivity contribution in [2.75, 3.05) is 40.0 Å². The molecule has 0 aliphatic carbocycles. The van der Waals surface area contributed by atoms with Crippen LogP contribution in [0, 0.1) is 0 Å². The Morgan fingerprint density at radius 3 is 2.80 bits per heavy atom. The fourth-order valence-corrected chi connectivity index (χ4v) is 3.70. The van der Waals surface area contributed by atoms with E-state index in [4.69, 9.17) is 14.2 Å². The van der Waals surface area contributed by atoms with E-state index in [9.17, 15) is 13.2 Å². The highest BCUT2D eigenvalue weighted by atomic mass is 32.1. The van der Waals surface area contributed by atoms with Gasteiger partial charge in [0.2, 0.25) is 0 Å². The summed E-state index contributed by atoms with van der Waals surface area (Å²) in [6.45, 7) is 2.24. The zero-order chi connectivity index (χ0) is 17.9. The number of alkyl halides is 3. The number of nitrogens with one attached hydrogen (secondary N) is 1. The molecular formula is C15H22F3N3O3S. The third kappa shape index (κ3) is 5.52. The highest BCUT2D eigenvalue weighted by Crippen LogP contribution is 2.31. The number of ether oxygens (including phenoxy) is 3. The van der Waals surface area contributed by atoms with Crippen molar-refractivity contribution in [1.29, 1.82) is 0 Å². The van der Waals surface area contributed by atoms with E-state index in [1.54, 1.807) is 0 Å². The van der Waals surface area contributed by atoms with E-state index in [2.05, 4.69) is 15.2 Å². The fraction of sp³-hybridized carbons (Fsp3) is 0.800. The molecule has 25 heavy (non-hydrogen) atoms. The predicted octanol–water partition coefficient (Wildman–Crippen LogP) is 1.79. The molecule has 1 saturated heterocycles. The molecule has 1 aromatic rings. The largest absolute Gasteiger partial charge is 0.460 e. The number of rotatable bonds is 6. The maximum atomic E-state index is 12.2. The van der Waals surface area contributed by atoms with E-state index >= 15 is 0 Å². The first-order valence-corrected chi connectivity index (χ1v) is 9.05. The van der Waals surface area contributed by atoms with Gasteiger partial charge in [0.05, 0.1) is 24.9 Å². The van der Waals surface area contributed by atoms with Gasteiger partial charge >= 0.3 is 6.18 Å². The summed E-state index contributed by atoms with van der Waals surface area (Å²) in [6, 6.07) is 0.235. The van der Waals surface area contributed by atoms with Crippen molar-refractivity contribution in [2.24, 2.45) is 0 Å². The molecule has 6 nitrogen and oxygen atoms in total. The minimum atomic E-state index is -4.34. The molecule has 0 atom stereocenters. The first-order valence-electron chi connectivity index (χ1n) is 8.24. The highest BCUT2D eigenvalue weighted by molar-refractivity contribution is 7.13. The average Bonchev–Trinajstić information content (AvgIpc) is 3.00. The molecule has 3 heterocycles. The number of halogens is 3. The summed E-state index contributed by atoms with van der Waals surface area (Å²) in [7, 11) is 1.88. The number of hydrogen-bond donors (Lipinski definition) is 1. The van der Waals surface area contributed by atoms with Gasteiger partial charge in [0, 0.05) is 30.9 Å². The van der Waals surface area contributed by atoms with Crippen LogP contribution in [0.3, 0.4) is 0 Å². The van der Waals surface area contributed by atoms with Crippen molar-refractivity contribution in [3.05, 3.63) is 10.6 Å². The molecule has 1 N–H and O–H groups in total. The normalized spacial score (nSPS) is 25.0. The average molecular weight is 381 g/mol. The SMILES string of the molecule is CNC1COC(CCN2CCc3sc(OCC(F)(F)F)nc3C2)OC1. The molecule has 0 saturated carbocycles. The van der Waals surface area contributed by atoms with Gasteiger partial charge in [-0.15, -0.1) is 0 Å². The van der Waals surface area contributed by atoms with E-state index in [-0.39, 0.29) is 17.5 Å². The molecule has 3 rings (SSSR count). The summed E-state index contributed by atoms with van der Waals surface area (Å²) in [5, 5.41) is 3.21. The number of nitrogens with zero attached hydrogens (tertiary/aromatic N) is 2. The van der Waals surface area contributed by atoms with Crippen LogP contribution in [-0.2, 0) is 22.4 Å². The van der Waals surface area contributed by atoms with Gasteiger partial charge in [0.1, 0.15) is 0 Å². The first-order chi connectivity index (χ1) is 11.9. The van der Waals surface area contributed by atoms with Crippen LogP contribution in [0.2, 0.25) is 0 Å². The second-order valence-corrected chi connectivity index (χ2v) is 7.20. The monoisotopic (exact) mass is 381 g/mol. The molecule has 1 fully saturated rings. The predicted molar refractivity (Wildman–Crippen MR) is 85.8 cm³/mol. The second kappa shape index (κ2) is 8.17. The smallest absolute Gasteiger partial charge is 0.422 e. The fourth-order valence-electron chi connectivity index (χ4n) is 2.79. The highest BCUT2D eigenvalue weighted by Gasteiger charge is 2.30. The zero-order valence-corrected chi connectivity index (χ0v) is 14.8. The third-order valence-electron chi connectivity index (χ3n) is 4.20. The maximum absolute atomic E-state index is 12.2. The maximum Gasteiger partial charge on any atom is 0.422 e. The van der Waals surface area contributed by atoms with Crippen molar-refractivity contribution in [3.63, 3.8) is 0 Å². The second-order valence-electron chi connectivity index (χ2n) is 6.15. The molecule has 0 spiro atoms.